The monoisotopic (exact) mass is 510 g/mol. The molecule has 9 aromatic rings. The Morgan fingerprint density at radius 3 is 2.08 bits per heavy atom. The van der Waals surface area contributed by atoms with E-state index in [1.165, 1.54) is 38.1 Å². The van der Waals surface area contributed by atoms with Crippen molar-refractivity contribution in [2.75, 3.05) is 0 Å². The van der Waals surface area contributed by atoms with E-state index < -0.39 is 0 Å². The van der Waals surface area contributed by atoms with Crippen LogP contribution in [0.25, 0.3) is 77.1 Å². The fourth-order valence-electron chi connectivity index (χ4n) is 6.44. The molecule has 0 aliphatic heterocycles. The molecule has 5 aromatic carbocycles. The smallest absolute Gasteiger partial charge is 0.146 e. The van der Waals surface area contributed by atoms with Crippen LogP contribution in [0.1, 0.15) is 0 Å². The van der Waals surface area contributed by atoms with Crippen LogP contribution in [-0.2, 0) is 0 Å². The highest BCUT2D eigenvalue weighted by molar-refractivity contribution is 6.24. The first-order chi connectivity index (χ1) is 19.9. The van der Waals surface area contributed by atoms with Gasteiger partial charge in [0.25, 0.3) is 0 Å². The molecular weight excluding hydrogens is 488 g/mol. The average Bonchev–Trinajstić information content (AvgIpc) is 3.58. The van der Waals surface area contributed by atoms with Crippen LogP contribution in [0, 0.1) is 0 Å². The topological polar surface area (TPSA) is 35.1 Å². The van der Waals surface area contributed by atoms with Crippen molar-refractivity contribution in [3.8, 4) is 16.9 Å². The number of hydrogen-bond donors (Lipinski definition) is 0. The summed E-state index contributed by atoms with van der Waals surface area (Å²) in [7, 11) is 0. The molecule has 0 N–H and O–H groups in total. The summed E-state index contributed by atoms with van der Waals surface area (Å²) in [5, 5.41) is 6.03. The third-order valence-electron chi connectivity index (χ3n) is 8.12. The lowest BCUT2D eigenvalue weighted by Crippen LogP contribution is -1.99. The van der Waals surface area contributed by atoms with E-state index in [1.807, 2.05) is 18.3 Å². The Hall–Kier alpha value is -5.48. The van der Waals surface area contributed by atoms with Crippen molar-refractivity contribution in [2.24, 2.45) is 0 Å². The fourth-order valence-corrected chi connectivity index (χ4v) is 6.44. The standard InChI is InChI=1S/C36H22N4/c1-2-14-29-25(12-1)27-19-20-28-26-13-3-5-17-32(26)39(24-11-9-10-23(22-24)30-15-7-8-21-37-30)34(28)35(27)40-33-18-6-4-16-31(33)38-36(29)40/h1-22H. The van der Waals surface area contributed by atoms with Crippen LogP contribution in [0.4, 0.5) is 0 Å². The van der Waals surface area contributed by atoms with E-state index in [0.29, 0.717) is 0 Å². The molecule has 4 heteroatoms. The molecule has 0 amide bonds. The second-order valence-electron chi connectivity index (χ2n) is 10.3. The Morgan fingerprint density at radius 2 is 1.23 bits per heavy atom. The molecule has 0 aliphatic carbocycles. The first-order valence-corrected chi connectivity index (χ1v) is 13.5. The average molecular weight is 511 g/mol. The zero-order chi connectivity index (χ0) is 26.2. The van der Waals surface area contributed by atoms with Crippen LogP contribution in [0.3, 0.4) is 0 Å². The summed E-state index contributed by atoms with van der Waals surface area (Å²) in [6.45, 7) is 0. The first kappa shape index (κ1) is 21.5. The normalized spacial score (nSPS) is 12.0. The highest BCUT2D eigenvalue weighted by Crippen LogP contribution is 2.41. The van der Waals surface area contributed by atoms with Crippen LogP contribution in [0.5, 0.6) is 0 Å². The molecular formula is C36H22N4. The molecule has 0 fully saturated rings. The second kappa shape index (κ2) is 8.01. The number of fused-ring (bicyclic) bond motifs is 12. The maximum Gasteiger partial charge on any atom is 0.146 e. The Labute approximate surface area is 229 Å². The van der Waals surface area contributed by atoms with E-state index in [1.54, 1.807) is 0 Å². The molecule has 0 saturated carbocycles. The molecule has 4 aromatic heterocycles. The SMILES string of the molecule is c1ccc(-c2cccc(-n3c4ccccc4c4ccc5c6ccccc6c6nc7ccccc7n6c5c43)c2)nc1. The van der Waals surface area contributed by atoms with Crippen molar-refractivity contribution in [2.45, 2.75) is 0 Å². The van der Waals surface area contributed by atoms with E-state index >= 15 is 0 Å². The third kappa shape index (κ3) is 2.85. The summed E-state index contributed by atoms with van der Waals surface area (Å²) >= 11 is 0. The maximum absolute atomic E-state index is 5.16. The Bertz CT molecular complexity index is 2430. The molecule has 0 bridgehead atoms. The largest absolute Gasteiger partial charge is 0.307 e. The third-order valence-corrected chi connectivity index (χ3v) is 8.12. The van der Waals surface area contributed by atoms with Gasteiger partial charge in [0.05, 0.1) is 33.3 Å². The van der Waals surface area contributed by atoms with Crippen molar-refractivity contribution in [3.05, 3.63) is 134 Å². The minimum Gasteiger partial charge on any atom is -0.307 e. The minimum absolute atomic E-state index is 0.962. The van der Waals surface area contributed by atoms with Crippen molar-refractivity contribution in [1.29, 1.82) is 0 Å². The lowest BCUT2D eigenvalue weighted by atomic mass is 10.0. The van der Waals surface area contributed by atoms with Gasteiger partial charge in [-0.25, -0.2) is 4.98 Å². The molecule has 4 heterocycles. The number of imidazole rings is 1. The summed E-state index contributed by atoms with van der Waals surface area (Å²) in [5.41, 5.74) is 9.76. The maximum atomic E-state index is 5.16. The van der Waals surface area contributed by atoms with Gasteiger partial charge in [0, 0.05) is 39.0 Å². The predicted molar refractivity (Wildman–Crippen MR) is 165 cm³/mol. The van der Waals surface area contributed by atoms with Crippen LogP contribution in [0.15, 0.2) is 134 Å². The van der Waals surface area contributed by atoms with Crippen molar-refractivity contribution in [1.82, 2.24) is 18.9 Å². The van der Waals surface area contributed by atoms with Crippen LogP contribution < -0.4 is 0 Å². The van der Waals surface area contributed by atoms with Crippen molar-refractivity contribution >= 4 is 60.2 Å². The number of para-hydroxylation sites is 3. The number of hydrogen-bond acceptors (Lipinski definition) is 2. The Balaban J connectivity index is 1.54. The van der Waals surface area contributed by atoms with Gasteiger partial charge < -0.3 is 4.57 Å². The van der Waals surface area contributed by atoms with Gasteiger partial charge in [-0.05, 0) is 47.9 Å². The summed E-state index contributed by atoms with van der Waals surface area (Å²) in [5.74, 6) is 0. The van der Waals surface area contributed by atoms with Gasteiger partial charge in [-0.1, -0.05) is 84.9 Å². The lowest BCUT2D eigenvalue weighted by Gasteiger charge is -2.14. The summed E-state index contributed by atoms with van der Waals surface area (Å²) < 4.78 is 4.79. The molecule has 0 saturated heterocycles. The Kier molecular flexibility index (Phi) is 4.30. The van der Waals surface area contributed by atoms with Gasteiger partial charge in [-0.3, -0.25) is 9.38 Å². The number of aromatic nitrogens is 4. The van der Waals surface area contributed by atoms with Crippen LogP contribution >= 0.6 is 0 Å². The van der Waals surface area contributed by atoms with Gasteiger partial charge in [0.15, 0.2) is 0 Å². The summed E-state index contributed by atoms with van der Waals surface area (Å²) in [6.07, 6.45) is 1.85. The van der Waals surface area contributed by atoms with Gasteiger partial charge in [-0.15, -0.1) is 0 Å². The molecule has 0 spiro atoms. The first-order valence-electron chi connectivity index (χ1n) is 13.5. The molecule has 4 nitrogen and oxygen atoms in total. The highest BCUT2D eigenvalue weighted by atomic mass is 15.1. The molecule has 0 atom stereocenters. The molecule has 0 aliphatic rings. The van der Waals surface area contributed by atoms with Gasteiger partial charge in [0.1, 0.15) is 5.65 Å². The van der Waals surface area contributed by atoms with E-state index in [4.69, 9.17) is 4.98 Å². The Morgan fingerprint density at radius 1 is 0.500 bits per heavy atom. The highest BCUT2D eigenvalue weighted by Gasteiger charge is 2.21. The summed E-state index contributed by atoms with van der Waals surface area (Å²) in [4.78, 5) is 9.78. The zero-order valence-electron chi connectivity index (χ0n) is 21.5. The number of pyridine rings is 2. The van der Waals surface area contributed by atoms with Gasteiger partial charge in [-0.2, -0.15) is 0 Å². The fraction of sp³-hybridized carbons (Fsp3) is 0. The number of rotatable bonds is 2. The van der Waals surface area contributed by atoms with Crippen LogP contribution in [-0.4, -0.2) is 18.9 Å². The molecule has 40 heavy (non-hydrogen) atoms. The van der Waals surface area contributed by atoms with Crippen molar-refractivity contribution < 1.29 is 0 Å². The van der Waals surface area contributed by atoms with Crippen LogP contribution in [0.2, 0.25) is 0 Å². The van der Waals surface area contributed by atoms with Gasteiger partial charge in [0.2, 0.25) is 0 Å². The molecule has 0 unspecified atom stereocenters. The number of nitrogens with zero attached hydrogens (tertiary/aromatic N) is 4. The quantitative estimate of drug-likeness (QED) is 0.218. The lowest BCUT2D eigenvalue weighted by molar-refractivity contribution is 1.17. The van der Waals surface area contributed by atoms with E-state index in [2.05, 4.69) is 129 Å². The van der Waals surface area contributed by atoms with E-state index in [-0.39, 0.29) is 0 Å². The molecule has 0 radical (unpaired) electrons. The second-order valence-corrected chi connectivity index (χ2v) is 10.3. The number of benzene rings is 5. The molecule has 9 rings (SSSR count). The zero-order valence-corrected chi connectivity index (χ0v) is 21.5. The minimum atomic E-state index is 0.962. The predicted octanol–water partition coefficient (Wildman–Crippen LogP) is 8.95. The van der Waals surface area contributed by atoms with Gasteiger partial charge >= 0.3 is 0 Å². The summed E-state index contributed by atoms with van der Waals surface area (Å²) in [6, 6.07) is 45.1. The van der Waals surface area contributed by atoms with E-state index in [9.17, 15) is 0 Å². The molecule has 186 valence electrons. The van der Waals surface area contributed by atoms with Crippen molar-refractivity contribution in [3.63, 3.8) is 0 Å². The van der Waals surface area contributed by atoms with E-state index in [0.717, 1.165) is 39.0 Å².